The van der Waals surface area contributed by atoms with Gasteiger partial charge in [-0.05, 0) is 31.0 Å². The highest BCUT2D eigenvalue weighted by Gasteiger charge is 2.09. The van der Waals surface area contributed by atoms with Crippen molar-refractivity contribution in [3.8, 4) is 11.5 Å². The van der Waals surface area contributed by atoms with E-state index in [-0.39, 0.29) is 0 Å². The lowest BCUT2D eigenvalue weighted by molar-refractivity contribution is 1.08. The molecule has 2 heterocycles. The molecule has 0 bridgehead atoms. The second-order valence-corrected chi connectivity index (χ2v) is 3.98. The lowest BCUT2D eigenvalue weighted by Crippen LogP contribution is -1.83. The van der Waals surface area contributed by atoms with Gasteiger partial charge in [-0.25, -0.2) is 4.98 Å². The Morgan fingerprint density at radius 1 is 1.12 bits per heavy atom. The number of aromatic nitrogens is 4. The van der Waals surface area contributed by atoms with Gasteiger partial charge < -0.3 is 4.98 Å². The highest BCUT2D eigenvalue weighted by atomic mass is 15.1. The molecule has 80 valence electrons. The minimum absolute atomic E-state index is 0.847. The molecule has 1 aromatic carbocycles. The molecule has 0 saturated heterocycles. The molecule has 4 heteroatoms. The zero-order valence-corrected chi connectivity index (χ0v) is 9.20. The van der Waals surface area contributed by atoms with Crippen molar-refractivity contribution in [3.05, 3.63) is 35.5 Å². The minimum Gasteiger partial charge on any atom is -0.337 e. The number of aromatic amines is 2. The first kappa shape index (κ1) is 9.15. The Balaban J connectivity index is 2.27. The van der Waals surface area contributed by atoms with Crippen LogP contribution in [0.25, 0.3) is 22.6 Å². The highest BCUT2D eigenvalue weighted by molar-refractivity contribution is 5.81. The van der Waals surface area contributed by atoms with Gasteiger partial charge in [-0.2, -0.15) is 5.10 Å². The molecule has 4 nitrogen and oxygen atoms in total. The Morgan fingerprint density at radius 3 is 2.69 bits per heavy atom. The van der Waals surface area contributed by atoms with Gasteiger partial charge >= 0.3 is 0 Å². The van der Waals surface area contributed by atoms with Crippen molar-refractivity contribution >= 4 is 11.0 Å². The van der Waals surface area contributed by atoms with Crippen LogP contribution in [0.1, 0.15) is 11.1 Å². The van der Waals surface area contributed by atoms with Gasteiger partial charge in [0.15, 0.2) is 5.82 Å². The summed E-state index contributed by atoms with van der Waals surface area (Å²) in [4.78, 5) is 7.89. The first-order chi connectivity index (χ1) is 7.75. The molecule has 16 heavy (non-hydrogen) atoms. The van der Waals surface area contributed by atoms with Crippen LogP contribution in [-0.2, 0) is 0 Å². The zero-order chi connectivity index (χ0) is 11.1. The number of rotatable bonds is 1. The quantitative estimate of drug-likeness (QED) is 0.651. The third-order valence-electron chi connectivity index (χ3n) is 2.78. The molecule has 0 spiro atoms. The number of hydrogen-bond acceptors (Lipinski definition) is 2. The van der Waals surface area contributed by atoms with Crippen LogP contribution in [-0.4, -0.2) is 20.2 Å². The first-order valence-corrected chi connectivity index (χ1v) is 5.21. The van der Waals surface area contributed by atoms with Gasteiger partial charge in [0.2, 0.25) is 0 Å². The number of fused-ring (bicyclic) bond motifs is 1. The van der Waals surface area contributed by atoms with Crippen LogP contribution in [0.15, 0.2) is 24.4 Å². The van der Waals surface area contributed by atoms with Crippen LogP contribution in [0.4, 0.5) is 0 Å². The average Bonchev–Trinajstić information content (AvgIpc) is 2.84. The Bertz CT molecular complexity index is 648. The van der Waals surface area contributed by atoms with Crippen molar-refractivity contribution in [2.75, 3.05) is 0 Å². The molecule has 2 N–H and O–H groups in total. The molecule has 0 aliphatic rings. The van der Waals surface area contributed by atoms with E-state index in [1.54, 1.807) is 6.20 Å². The summed E-state index contributed by atoms with van der Waals surface area (Å²) in [5.74, 6) is 0.847. The number of nitrogens with one attached hydrogen (secondary N) is 2. The number of imidazole rings is 1. The van der Waals surface area contributed by atoms with E-state index < -0.39 is 0 Å². The van der Waals surface area contributed by atoms with Crippen LogP contribution < -0.4 is 0 Å². The van der Waals surface area contributed by atoms with E-state index in [0.717, 1.165) is 28.1 Å². The molecule has 0 unspecified atom stereocenters. The van der Waals surface area contributed by atoms with Crippen LogP contribution in [0.5, 0.6) is 0 Å². The Morgan fingerprint density at radius 2 is 2.00 bits per heavy atom. The molecule has 2 aromatic heterocycles. The van der Waals surface area contributed by atoms with E-state index in [1.165, 1.54) is 5.56 Å². The molecule has 0 fully saturated rings. The maximum atomic E-state index is 4.59. The summed E-state index contributed by atoms with van der Waals surface area (Å²) in [5, 5.41) is 6.96. The summed E-state index contributed by atoms with van der Waals surface area (Å²) >= 11 is 0. The summed E-state index contributed by atoms with van der Waals surface area (Å²) in [6.45, 7) is 4.08. The lowest BCUT2D eigenvalue weighted by atomic mass is 10.2. The van der Waals surface area contributed by atoms with E-state index in [0.29, 0.717) is 0 Å². The second-order valence-electron chi connectivity index (χ2n) is 3.98. The third kappa shape index (κ3) is 1.23. The fourth-order valence-corrected chi connectivity index (χ4v) is 1.88. The molecule has 3 rings (SSSR count). The van der Waals surface area contributed by atoms with Crippen molar-refractivity contribution < 1.29 is 0 Å². The average molecular weight is 212 g/mol. The van der Waals surface area contributed by atoms with Gasteiger partial charge in [-0.15, -0.1) is 0 Å². The number of benzene rings is 1. The fourth-order valence-electron chi connectivity index (χ4n) is 1.88. The van der Waals surface area contributed by atoms with Gasteiger partial charge in [0.05, 0.1) is 17.2 Å². The van der Waals surface area contributed by atoms with Gasteiger partial charge in [-0.3, -0.25) is 5.10 Å². The maximum absolute atomic E-state index is 4.59. The molecule has 3 aromatic rings. The molecular formula is C12H12N4. The van der Waals surface area contributed by atoms with Crippen molar-refractivity contribution in [2.24, 2.45) is 0 Å². The van der Waals surface area contributed by atoms with Crippen molar-refractivity contribution in [2.45, 2.75) is 13.8 Å². The second kappa shape index (κ2) is 3.20. The van der Waals surface area contributed by atoms with Gasteiger partial charge in [0, 0.05) is 0 Å². The monoisotopic (exact) mass is 212 g/mol. The third-order valence-corrected chi connectivity index (χ3v) is 2.78. The van der Waals surface area contributed by atoms with Crippen molar-refractivity contribution in [3.63, 3.8) is 0 Å². The highest BCUT2D eigenvalue weighted by Crippen LogP contribution is 2.22. The largest absolute Gasteiger partial charge is 0.337 e. The number of para-hydroxylation sites is 1. The van der Waals surface area contributed by atoms with Gasteiger partial charge in [-0.1, -0.05) is 12.1 Å². The molecule has 0 radical (unpaired) electrons. The smallest absolute Gasteiger partial charge is 0.156 e. The minimum atomic E-state index is 0.847. The standard InChI is InChI=1S/C12H12N4/c1-7-4-3-5-9-10(7)15-12(14-9)11-8(2)6-13-16-11/h3-6H,1-2H3,(H,13,16)(H,14,15). The number of hydrogen-bond donors (Lipinski definition) is 2. The van der Waals surface area contributed by atoms with E-state index in [2.05, 4.69) is 33.2 Å². The SMILES string of the molecule is Cc1cn[nH]c1-c1nc2c(C)cccc2[nH]1. The van der Waals surface area contributed by atoms with Crippen molar-refractivity contribution in [1.29, 1.82) is 0 Å². The molecule has 0 aliphatic carbocycles. The summed E-state index contributed by atoms with van der Waals surface area (Å²) in [5.41, 5.74) is 5.31. The Hall–Kier alpha value is -2.10. The summed E-state index contributed by atoms with van der Waals surface area (Å²) in [6, 6.07) is 6.12. The molecule has 0 saturated carbocycles. The van der Waals surface area contributed by atoms with Crippen LogP contribution in [0.2, 0.25) is 0 Å². The Kier molecular flexibility index (Phi) is 1.83. The number of H-pyrrole nitrogens is 2. The first-order valence-electron chi connectivity index (χ1n) is 5.21. The van der Waals surface area contributed by atoms with Crippen molar-refractivity contribution in [1.82, 2.24) is 20.2 Å². The summed E-state index contributed by atoms with van der Waals surface area (Å²) in [7, 11) is 0. The van der Waals surface area contributed by atoms with Gasteiger partial charge in [0.1, 0.15) is 5.69 Å². The molecule has 0 amide bonds. The fraction of sp³-hybridized carbons (Fsp3) is 0.167. The topological polar surface area (TPSA) is 57.4 Å². The van der Waals surface area contributed by atoms with Crippen LogP contribution >= 0.6 is 0 Å². The molecule has 0 atom stereocenters. The van der Waals surface area contributed by atoms with Crippen LogP contribution in [0, 0.1) is 13.8 Å². The van der Waals surface area contributed by atoms with E-state index in [9.17, 15) is 0 Å². The summed E-state index contributed by atoms with van der Waals surface area (Å²) in [6.07, 6.45) is 1.80. The Labute approximate surface area is 92.7 Å². The van der Waals surface area contributed by atoms with Gasteiger partial charge in [0.25, 0.3) is 0 Å². The maximum Gasteiger partial charge on any atom is 0.156 e. The number of nitrogens with zero attached hydrogens (tertiary/aromatic N) is 2. The zero-order valence-electron chi connectivity index (χ0n) is 9.20. The van der Waals surface area contributed by atoms with E-state index in [1.807, 2.05) is 19.1 Å². The number of aryl methyl sites for hydroxylation is 2. The summed E-state index contributed by atoms with van der Waals surface area (Å²) < 4.78 is 0. The van der Waals surface area contributed by atoms with E-state index >= 15 is 0 Å². The predicted molar refractivity (Wildman–Crippen MR) is 63.1 cm³/mol. The normalized spacial score (nSPS) is 11.1. The van der Waals surface area contributed by atoms with E-state index in [4.69, 9.17) is 0 Å². The molecule has 0 aliphatic heterocycles. The predicted octanol–water partition coefficient (Wildman–Crippen LogP) is 2.57. The molecular weight excluding hydrogens is 200 g/mol. The lowest BCUT2D eigenvalue weighted by Gasteiger charge is -1.91. The van der Waals surface area contributed by atoms with Crippen LogP contribution in [0.3, 0.4) is 0 Å².